The van der Waals surface area contributed by atoms with Gasteiger partial charge in [0.2, 0.25) is 23.3 Å². The third-order valence-electron chi connectivity index (χ3n) is 8.56. The van der Waals surface area contributed by atoms with Crippen molar-refractivity contribution < 1.29 is 9.26 Å². The van der Waals surface area contributed by atoms with Gasteiger partial charge in [0, 0.05) is 12.1 Å². The van der Waals surface area contributed by atoms with Crippen molar-refractivity contribution >= 4 is 23.3 Å². The quantitative estimate of drug-likeness (QED) is 0.675. The minimum atomic E-state index is 0.0668. The number of rotatable bonds is 2. The Morgan fingerprint density at radius 3 is 1.12 bits per heavy atom. The van der Waals surface area contributed by atoms with Gasteiger partial charge in [-0.05, 0) is 46.3 Å². The van der Waals surface area contributed by atoms with Crippen molar-refractivity contribution in [3.63, 3.8) is 0 Å². The van der Waals surface area contributed by atoms with Gasteiger partial charge in [-0.1, -0.05) is 25.7 Å². The van der Waals surface area contributed by atoms with E-state index in [4.69, 9.17) is 9.26 Å². The Labute approximate surface area is 185 Å². The number of anilines is 4. The summed E-state index contributed by atoms with van der Waals surface area (Å²) in [4.78, 5) is 14.6. The Morgan fingerprint density at radius 1 is 0.500 bits per heavy atom. The van der Waals surface area contributed by atoms with Crippen molar-refractivity contribution in [1.29, 1.82) is 0 Å². The number of hydrogen-bond donors (Lipinski definition) is 0. The normalized spacial score (nSPS) is 30.8. The van der Waals surface area contributed by atoms with Gasteiger partial charge in [-0.2, -0.15) is 0 Å². The molecule has 32 heavy (non-hydrogen) atoms. The zero-order valence-corrected chi connectivity index (χ0v) is 18.1. The molecule has 2 aliphatic carbocycles. The zero-order chi connectivity index (χ0) is 20.8. The van der Waals surface area contributed by atoms with Crippen molar-refractivity contribution in [2.45, 2.75) is 75.8 Å². The van der Waals surface area contributed by atoms with Crippen LogP contribution in [0.4, 0.5) is 23.3 Å². The van der Waals surface area contributed by atoms with E-state index in [2.05, 4.69) is 50.0 Å². The number of fused-ring (bicyclic) bond motifs is 6. The van der Waals surface area contributed by atoms with Gasteiger partial charge in [0.1, 0.15) is 12.3 Å². The molecule has 0 radical (unpaired) electrons. The van der Waals surface area contributed by atoms with E-state index in [1.807, 2.05) is 0 Å². The molecule has 2 saturated heterocycles. The lowest BCUT2D eigenvalue weighted by atomic mass is 10.1. The van der Waals surface area contributed by atoms with E-state index < -0.39 is 0 Å². The minimum absolute atomic E-state index is 0.0668. The first-order chi connectivity index (χ1) is 15.9. The first-order valence-electron chi connectivity index (χ1n) is 12.1. The summed E-state index contributed by atoms with van der Waals surface area (Å²) in [5.41, 5.74) is 0. The van der Waals surface area contributed by atoms with Gasteiger partial charge >= 0.3 is 0 Å². The Kier molecular flexibility index (Phi) is 3.62. The van der Waals surface area contributed by atoms with Crippen LogP contribution in [0.3, 0.4) is 0 Å². The fourth-order valence-corrected chi connectivity index (χ4v) is 7.04. The lowest BCUT2D eigenvalue weighted by Gasteiger charge is -2.63. The second kappa shape index (κ2) is 6.47. The fourth-order valence-electron chi connectivity index (χ4n) is 7.04. The summed E-state index contributed by atoms with van der Waals surface area (Å²) in [5, 5.41) is 17.6. The average molecular weight is 441 g/mol. The van der Waals surface area contributed by atoms with E-state index in [0.29, 0.717) is 12.1 Å². The monoisotopic (exact) mass is 440 g/mol. The lowest BCUT2D eigenvalue weighted by molar-refractivity contribution is 0.107. The van der Waals surface area contributed by atoms with Crippen molar-refractivity contribution in [2.75, 3.05) is 46.3 Å². The SMILES string of the molecule is C1CCC(N2CN3c4nonc4N4CN(C5CCCC5)CN5c6nonc6N(C2)C3C45)C1. The highest BCUT2D eigenvalue weighted by Gasteiger charge is 2.58. The molecule has 6 heterocycles. The molecular formula is C20H28N10O2. The van der Waals surface area contributed by atoms with Crippen molar-refractivity contribution in [1.82, 2.24) is 30.4 Å². The van der Waals surface area contributed by atoms with Crippen LogP contribution in [0.1, 0.15) is 51.4 Å². The molecule has 12 heteroatoms. The van der Waals surface area contributed by atoms with E-state index in [1.54, 1.807) is 0 Å². The van der Waals surface area contributed by atoms with Crippen LogP contribution in [-0.4, -0.2) is 81.5 Å². The van der Waals surface area contributed by atoms with Gasteiger partial charge in [0.05, 0.1) is 26.7 Å². The van der Waals surface area contributed by atoms with Crippen molar-refractivity contribution in [3.05, 3.63) is 0 Å². The lowest BCUT2D eigenvalue weighted by Crippen LogP contribution is -2.80. The predicted octanol–water partition coefficient (Wildman–Crippen LogP) is 1.40. The average Bonchev–Trinajstić information content (AvgIpc) is 3.65. The summed E-state index contributed by atoms with van der Waals surface area (Å²) in [6.07, 6.45) is 10.3. The molecule has 0 unspecified atom stereocenters. The maximum atomic E-state index is 5.33. The Bertz CT molecular complexity index is 876. The molecule has 4 aliphatic heterocycles. The van der Waals surface area contributed by atoms with Crippen LogP contribution in [0.25, 0.3) is 0 Å². The zero-order valence-electron chi connectivity index (χ0n) is 18.1. The van der Waals surface area contributed by atoms with E-state index in [9.17, 15) is 0 Å². The van der Waals surface area contributed by atoms with Crippen LogP contribution in [0.2, 0.25) is 0 Å². The minimum Gasteiger partial charge on any atom is -0.313 e. The molecule has 0 aromatic carbocycles. The van der Waals surface area contributed by atoms with E-state index in [1.165, 1.54) is 51.4 Å². The molecular weight excluding hydrogens is 412 g/mol. The summed E-state index contributed by atoms with van der Waals surface area (Å²) >= 11 is 0. The molecule has 8 rings (SSSR count). The second-order valence-electron chi connectivity index (χ2n) is 10.1. The van der Waals surface area contributed by atoms with Gasteiger partial charge in [0.15, 0.2) is 0 Å². The number of hydrogen-bond acceptors (Lipinski definition) is 12. The highest BCUT2D eigenvalue weighted by atomic mass is 16.6. The van der Waals surface area contributed by atoms with E-state index in [-0.39, 0.29) is 12.3 Å². The molecule has 4 fully saturated rings. The molecule has 12 nitrogen and oxygen atoms in total. The van der Waals surface area contributed by atoms with Gasteiger partial charge in [-0.25, -0.2) is 9.26 Å². The molecule has 6 aliphatic rings. The van der Waals surface area contributed by atoms with E-state index >= 15 is 0 Å². The summed E-state index contributed by atoms with van der Waals surface area (Å²) in [5.74, 6) is 3.36. The Balaban J connectivity index is 1.25. The topological polar surface area (TPSA) is 97.3 Å². The van der Waals surface area contributed by atoms with Crippen LogP contribution < -0.4 is 19.6 Å². The smallest absolute Gasteiger partial charge is 0.220 e. The molecule has 2 saturated carbocycles. The highest BCUT2D eigenvalue weighted by molar-refractivity contribution is 5.76. The molecule has 170 valence electrons. The summed E-state index contributed by atoms with van der Waals surface area (Å²) in [6, 6.07) is 1.17. The Hall–Kier alpha value is -2.60. The maximum Gasteiger partial charge on any atom is 0.220 e. The highest BCUT2D eigenvalue weighted by Crippen LogP contribution is 2.49. The standard InChI is InChI=1S/C20H28N10O2/c1-2-6-13(5-1)25-9-27-15-17(23-31-21-15)29-11-26(14-7-3-4-8-14)12-30-18-16(22-32-24-18)28(10-25)19(27)20(29)30/h13-14,19-20H,1-12H2. The van der Waals surface area contributed by atoms with Crippen molar-refractivity contribution in [2.24, 2.45) is 0 Å². The third kappa shape index (κ3) is 2.29. The molecule has 0 bridgehead atoms. The number of aromatic nitrogens is 4. The predicted molar refractivity (Wildman–Crippen MR) is 114 cm³/mol. The van der Waals surface area contributed by atoms with Gasteiger partial charge in [-0.3, -0.25) is 9.80 Å². The third-order valence-corrected chi connectivity index (χ3v) is 8.56. The summed E-state index contributed by atoms with van der Waals surface area (Å²) in [7, 11) is 0. The second-order valence-corrected chi connectivity index (χ2v) is 10.1. The molecule has 2 aromatic rings. The van der Waals surface area contributed by atoms with Crippen LogP contribution in [0, 0.1) is 0 Å². The van der Waals surface area contributed by atoms with E-state index in [0.717, 1.165) is 49.9 Å². The first-order valence-corrected chi connectivity index (χ1v) is 12.1. The molecule has 2 aromatic heterocycles. The van der Waals surface area contributed by atoms with Crippen LogP contribution >= 0.6 is 0 Å². The van der Waals surface area contributed by atoms with Crippen molar-refractivity contribution in [3.8, 4) is 0 Å². The molecule has 0 spiro atoms. The summed E-state index contributed by atoms with van der Waals surface area (Å²) < 4.78 is 10.7. The van der Waals surface area contributed by atoms with Gasteiger partial charge < -0.3 is 19.6 Å². The molecule has 0 N–H and O–H groups in total. The fraction of sp³-hybridized carbons (Fsp3) is 0.800. The van der Waals surface area contributed by atoms with Gasteiger partial charge in [0.25, 0.3) is 0 Å². The summed E-state index contributed by atoms with van der Waals surface area (Å²) in [6.45, 7) is 3.33. The first kappa shape index (κ1) is 17.9. The van der Waals surface area contributed by atoms with Crippen LogP contribution in [0.15, 0.2) is 9.26 Å². The van der Waals surface area contributed by atoms with Gasteiger partial charge in [-0.15, -0.1) is 0 Å². The molecule has 0 amide bonds. The molecule has 0 atom stereocenters. The maximum absolute atomic E-state index is 5.33. The Morgan fingerprint density at radius 2 is 0.812 bits per heavy atom. The number of nitrogens with zero attached hydrogens (tertiary/aromatic N) is 10. The largest absolute Gasteiger partial charge is 0.313 e. The van der Waals surface area contributed by atoms with Crippen LogP contribution in [0.5, 0.6) is 0 Å². The van der Waals surface area contributed by atoms with Crippen LogP contribution in [-0.2, 0) is 0 Å².